The molecule has 56 heavy (non-hydrogen) atoms. The molecule has 3 aliphatic heterocycles. The molecule has 14 nitrogen and oxygen atoms in total. The Balaban J connectivity index is 1.16. The Morgan fingerprint density at radius 2 is 1.71 bits per heavy atom. The molecule has 3 aliphatic carbocycles. The molecule has 6 aliphatic rings. The molecule has 2 saturated heterocycles. The van der Waals surface area contributed by atoms with Crippen LogP contribution in [0.3, 0.4) is 0 Å². The summed E-state index contributed by atoms with van der Waals surface area (Å²) in [5.74, 6) is -0.708. The van der Waals surface area contributed by atoms with E-state index in [-0.39, 0.29) is 24.9 Å². The van der Waals surface area contributed by atoms with Gasteiger partial charge in [0.05, 0.1) is 29.6 Å². The Labute approximate surface area is 328 Å². The van der Waals surface area contributed by atoms with Crippen LogP contribution in [-0.2, 0) is 30.8 Å². The zero-order valence-corrected chi connectivity index (χ0v) is 33.5. The molecule has 5 fully saturated rings. The summed E-state index contributed by atoms with van der Waals surface area (Å²) >= 11 is 0. The van der Waals surface area contributed by atoms with E-state index in [1.54, 1.807) is 14.0 Å². The number of hydrogen-bond acceptors (Lipinski definition) is 9. The van der Waals surface area contributed by atoms with Gasteiger partial charge in [-0.25, -0.2) is 18.2 Å². The zero-order chi connectivity index (χ0) is 39.6. The minimum atomic E-state index is -3.97. The number of fused-ring (bicyclic) bond motifs is 5. The number of aryl methyl sites for hydroxylation is 2. The van der Waals surface area contributed by atoms with Crippen molar-refractivity contribution in [1.82, 2.24) is 24.8 Å². The smallest absolute Gasteiger partial charge is 0.408 e. The van der Waals surface area contributed by atoms with Gasteiger partial charge in [0.2, 0.25) is 21.8 Å². The van der Waals surface area contributed by atoms with Gasteiger partial charge < -0.3 is 24.8 Å². The van der Waals surface area contributed by atoms with Crippen molar-refractivity contribution in [2.45, 2.75) is 157 Å². The fraction of sp³-hybridized carbons (Fsp3) is 0.683. The highest BCUT2D eigenvalue weighted by molar-refractivity contribution is 7.91. The molecule has 4 heterocycles. The molecule has 1 aromatic heterocycles. The standard InChI is InChI=1S/C41H55N5O9S/c1-25-34-29(30-21-28(54-3)15-16-31(30)42-25)17-18-40(55-34)23-33-35(47)43-41(37(49)44-56(52,53)39(2)19-20-39)22-26(41)11-7-5-4-6-8-14-32(36(48)45(33)24-40)46(38(50)51)27-12-9-10-13-27/h15-16,21,26-27,32-33H,4-14,17-20,22-24H2,1-3H3,(H,43,47)(H,44,49)(H,50,51)/t26-,32-,33-,40+,41+/m0/s1. The van der Waals surface area contributed by atoms with Crippen LogP contribution in [0.15, 0.2) is 18.2 Å². The lowest BCUT2D eigenvalue weighted by molar-refractivity contribution is -0.144. The summed E-state index contributed by atoms with van der Waals surface area (Å²) in [6, 6.07) is 3.34. The molecule has 2 aromatic rings. The molecular weight excluding hydrogens is 739 g/mol. The van der Waals surface area contributed by atoms with Gasteiger partial charge in [0.15, 0.2) is 0 Å². The monoisotopic (exact) mass is 793 g/mol. The molecule has 304 valence electrons. The number of aromatic nitrogens is 1. The van der Waals surface area contributed by atoms with E-state index in [9.17, 15) is 27.9 Å². The first-order valence-electron chi connectivity index (χ1n) is 20.6. The third kappa shape index (κ3) is 6.85. The van der Waals surface area contributed by atoms with Crippen molar-refractivity contribution in [3.63, 3.8) is 0 Å². The lowest BCUT2D eigenvalue weighted by Crippen LogP contribution is -2.59. The Kier molecular flexibility index (Phi) is 9.92. The van der Waals surface area contributed by atoms with Crippen molar-refractivity contribution >= 4 is 44.7 Å². The summed E-state index contributed by atoms with van der Waals surface area (Å²) in [5, 5.41) is 14.6. The fourth-order valence-electron chi connectivity index (χ4n) is 10.0. The van der Waals surface area contributed by atoms with E-state index in [4.69, 9.17) is 14.5 Å². The van der Waals surface area contributed by atoms with E-state index >= 15 is 4.79 Å². The second kappa shape index (κ2) is 14.4. The molecule has 3 saturated carbocycles. The summed E-state index contributed by atoms with van der Waals surface area (Å²) in [4.78, 5) is 64.7. The number of carbonyl (C=O) groups excluding carboxylic acids is 3. The second-order valence-electron chi connectivity index (χ2n) is 17.6. The van der Waals surface area contributed by atoms with Crippen LogP contribution in [0.1, 0.15) is 121 Å². The molecule has 0 bridgehead atoms. The molecule has 1 aromatic carbocycles. The Morgan fingerprint density at radius 3 is 2.41 bits per heavy atom. The molecular formula is C41H55N5O9S. The number of sulfonamides is 1. The normalized spacial score (nSPS) is 30.6. The molecule has 0 unspecified atom stereocenters. The Hall–Kier alpha value is -4.14. The number of hydrogen-bond donors (Lipinski definition) is 3. The largest absolute Gasteiger partial charge is 0.497 e. The maximum atomic E-state index is 15.1. The van der Waals surface area contributed by atoms with Gasteiger partial charge in [0.25, 0.3) is 5.91 Å². The lowest BCUT2D eigenvalue weighted by atomic mass is 9.87. The lowest BCUT2D eigenvalue weighted by Gasteiger charge is -2.38. The van der Waals surface area contributed by atoms with Crippen molar-refractivity contribution in [3.05, 3.63) is 29.5 Å². The van der Waals surface area contributed by atoms with Crippen molar-refractivity contribution in [2.24, 2.45) is 5.92 Å². The number of amides is 4. The highest BCUT2D eigenvalue weighted by Gasteiger charge is 2.64. The SMILES string of the molecule is COc1ccc2nc(C)c3c(c2c1)CC[C@]1(C[C@H]2C(=O)N[C@]4(C(=O)NS(=O)(=O)C5(C)CC5)C[C@@H]4CCCCCCC[C@H](N(C(=O)O)C4CCCC4)C(=O)N2C1)O3. The molecule has 15 heteroatoms. The van der Waals surface area contributed by atoms with Crippen LogP contribution in [0, 0.1) is 12.8 Å². The average Bonchev–Trinajstić information content (AvgIpc) is 3.95. The topological polar surface area (TPSA) is 185 Å². The van der Waals surface area contributed by atoms with Crippen LogP contribution in [-0.4, -0.2) is 99.8 Å². The first-order chi connectivity index (χ1) is 26.7. The third-order valence-electron chi connectivity index (χ3n) is 13.8. The summed E-state index contributed by atoms with van der Waals surface area (Å²) in [6.45, 7) is 3.53. The number of pyridine rings is 1. The number of nitrogens with one attached hydrogen (secondary N) is 2. The van der Waals surface area contributed by atoms with Gasteiger partial charge in [0.1, 0.15) is 34.7 Å². The van der Waals surface area contributed by atoms with E-state index in [0.29, 0.717) is 81.4 Å². The number of ether oxygens (including phenoxy) is 2. The van der Waals surface area contributed by atoms with E-state index in [2.05, 4.69) is 10.0 Å². The van der Waals surface area contributed by atoms with Gasteiger partial charge in [-0.15, -0.1) is 0 Å². The van der Waals surface area contributed by atoms with Crippen LogP contribution in [0.2, 0.25) is 0 Å². The summed E-state index contributed by atoms with van der Waals surface area (Å²) in [5.41, 5.74) is 0.0164. The first-order valence-corrected chi connectivity index (χ1v) is 22.0. The zero-order valence-electron chi connectivity index (χ0n) is 32.7. The number of carboxylic acid groups (broad SMARTS) is 1. The van der Waals surface area contributed by atoms with E-state index < -0.39 is 61.8 Å². The minimum Gasteiger partial charge on any atom is -0.497 e. The highest BCUT2D eigenvalue weighted by Crippen LogP contribution is 2.50. The van der Waals surface area contributed by atoms with Crippen molar-refractivity contribution < 1.29 is 42.2 Å². The summed E-state index contributed by atoms with van der Waals surface area (Å²) in [7, 11) is -2.37. The van der Waals surface area contributed by atoms with Gasteiger partial charge in [0, 0.05) is 23.4 Å². The molecule has 0 radical (unpaired) electrons. The second-order valence-corrected chi connectivity index (χ2v) is 19.8. The maximum Gasteiger partial charge on any atom is 0.408 e. The van der Waals surface area contributed by atoms with Gasteiger partial charge >= 0.3 is 6.09 Å². The number of nitrogens with zero attached hydrogens (tertiary/aromatic N) is 3. The quantitative estimate of drug-likeness (QED) is 0.355. The molecule has 5 atom stereocenters. The van der Waals surface area contributed by atoms with Gasteiger partial charge in [-0.05, 0) is 95.8 Å². The Morgan fingerprint density at radius 1 is 1.02 bits per heavy atom. The van der Waals surface area contributed by atoms with Gasteiger partial charge in [-0.3, -0.25) is 24.0 Å². The number of carbonyl (C=O) groups is 4. The Bertz CT molecular complexity index is 2050. The fourth-order valence-corrected chi connectivity index (χ4v) is 11.3. The molecule has 4 amide bonds. The number of rotatable bonds is 6. The van der Waals surface area contributed by atoms with Crippen LogP contribution < -0.4 is 19.5 Å². The van der Waals surface area contributed by atoms with Crippen LogP contribution in [0.25, 0.3) is 10.9 Å². The van der Waals surface area contributed by atoms with E-state index in [0.717, 1.165) is 55.0 Å². The van der Waals surface area contributed by atoms with Gasteiger partial charge in [-0.2, -0.15) is 0 Å². The van der Waals surface area contributed by atoms with Crippen molar-refractivity contribution in [1.29, 1.82) is 0 Å². The van der Waals surface area contributed by atoms with Crippen LogP contribution in [0.5, 0.6) is 11.5 Å². The average molecular weight is 794 g/mol. The van der Waals surface area contributed by atoms with E-state index in [1.165, 1.54) is 9.80 Å². The summed E-state index contributed by atoms with van der Waals surface area (Å²) in [6.07, 6.45) is 9.34. The first kappa shape index (κ1) is 38.7. The summed E-state index contributed by atoms with van der Waals surface area (Å²) < 4.78 is 40.3. The van der Waals surface area contributed by atoms with Crippen LogP contribution >= 0.6 is 0 Å². The molecule has 1 spiro atoms. The predicted molar refractivity (Wildman–Crippen MR) is 207 cm³/mol. The van der Waals surface area contributed by atoms with Crippen LogP contribution in [0.4, 0.5) is 4.79 Å². The molecule has 3 N–H and O–H groups in total. The predicted octanol–water partition coefficient (Wildman–Crippen LogP) is 5.13. The van der Waals surface area contributed by atoms with E-state index in [1.807, 2.05) is 25.1 Å². The van der Waals surface area contributed by atoms with Crippen molar-refractivity contribution in [3.8, 4) is 11.5 Å². The third-order valence-corrected chi connectivity index (χ3v) is 16.0. The molecule has 8 rings (SSSR count). The van der Waals surface area contributed by atoms with Gasteiger partial charge in [-0.1, -0.05) is 44.9 Å². The minimum absolute atomic E-state index is 0.0446. The number of methoxy groups -OCH3 is 1. The highest BCUT2D eigenvalue weighted by atomic mass is 32.2. The maximum absolute atomic E-state index is 15.1. The number of benzene rings is 1. The van der Waals surface area contributed by atoms with Crippen molar-refractivity contribution in [2.75, 3.05) is 13.7 Å².